The summed E-state index contributed by atoms with van der Waals surface area (Å²) >= 11 is 0. The second-order valence-corrected chi connectivity index (χ2v) is 24.9. The molecular weight excluding hydrogens is 1000 g/mol. The molecule has 0 aromatic carbocycles. The Morgan fingerprint density at radius 3 is 1.08 bits per heavy atom. The van der Waals surface area contributed by atoms with Crippen LogP contribution in [-0.2, 0) is 32.7 Å². The lowest BCUT2D eigenvalue weighted by atomic mass is 10.0. The van der Waals surface area contributed by atoms with E-state index in [1.54, 1.807) is 0 Å². The van der Waals surface area contributed by atoms with Crippen molar-refractivity contribution >= 4 is 19.8 Å². The highest BCUT2D eigenvalue weighted by molar-refractivity contribution is 7.47. The third kappa shape index (κ3) is 64.5. The largest absolute Gasteiger partial charge is 0.472 e. The predicted octanol–water partition coefficient (Wildman–Crippen LogP) is 21.2. The maximum absolute atomic E-state index is 12.9. The van der Waals surface area contributed by atoms with Gasteiger partial charge in [0.25, 0.3) is 0 Å². The molecule has 0 spiro atoms. The number of phosphoric ester groups is 1. The highest BCUT2D eigenvalue weighted by Crippen LogP contribution is 2.43. The zero-order valence-electron chi connectivity index (χ0n) is 52.4. The van der Waals surface area contributed by atoms with Crippen LogP contribution >= 0.6 is 7.82 Å². The van der Waals surface area contributed by atoms with Gasteiger partial charge in [0.15, 0.2) is 6.10 Å². The van der Waals surface area contributed by atoms with Crippen LogP contribution in [0.25, 0.3) is 0 Å². The minimum absolute atomic E-state index is 0.0324. The number of allylic oxidation sites excluding steroid dienone is 12. The summed E-state index contributed by atoms with van der Waals surface area (Å²) in [5.41, 5.74) is 0. The number of carbonyl (C=O) groups excluding carboxylic acids is 2. The summed E-state index contributed by atoms with van der Waals surface area (Å²) in [6, 6.07) is 0. The van der Waals surface area contributed by atoms with Gasteiger partial charge in [0, 0.05) is 12.8 Å². The van der Waals surface area contributed by atoms with E-state index < -0.39 is 26.5 Å². The van der Waals surface area contributed by atoms with E-state index in [0.717, 1.165) is 70.6 Å². The minimum Gasteiger partial charge on any atom is -0.462 e. The zero-order valence-corrected chi connectivity index (χ0v) is 53.2. The molecule has 79 heavy (non-hydrogen) atoms. The van der Waals surface area contributed by atoms with Crippen LogP contribution in [0.5, 0.6) is 0 Å². The van der Waals surface area contributed by atoms with Gasteiger partial charge in [-0.25, -0.2) is 4.57 Å². The minimum atomic E-state index is -4.39. The molecule has 0 heterocycles. The highest BCUT2D eigenvalue weighted by atomic mass is 31.2. The fourth-order valence-electron chi connectivity index (χ4n) is 9.43. The van der Waals surface area contributed by atoms with Gasteiger partial charge in [-0.3, -0.25) is 18.6 Å². The number of hydrogen-bond donors (Lipinski definition) is 1. The van der Waals surface area contributed by atoms with Gasteiger partial charge in [0.1, 0.15) is 19.8 Å². The molecule has 2 atom stereocenters. The molecule has 0 radical (unpaired) electrons. The topological polar surface area (TPSA) is 108 Å². The van der Waals surface area contributed by atoms with Gasteiger partial charge in [0.2, 0.25) is 0 Å². The quantitative estimate of drug-likeness (QED) is 0.0211. The number of ether oxygens (including phenoxy) is 2. The molecule has 0 saturated carbocycles. The van der Waals surface area contributed by atoms with Crippen molar-refractivity contribution in [2.24, 2.45) is 0 Å². The Kier molecular flexibility index (Phi) is 58.1. The van der Waals surface area contributed by atoms with E-state index >= 15 is 0 Å². The molecule has 0 aromatic heterocycles. The predicted molar refractivity (Wildman–Crippen MR) is 339 cm³/mol. The number of phosphoric acid groups is 1. The van der Waals surface area contributed by atoms with Crippen molar-refractivity contribution in [3.8, 4) is 0 Å². The summed E-state index contributed by atoms with van der Waals surface area (Å²) in [4.78, 5) is 35.8. The van der Waals surface area contributed by atoms with Crippen LogP contribution in [0.2, 0.25) is 0 Å². The lowest BCUT2D eigenvalue weighted by molar-refractivity contribution is -0.870. The maximum atomic E-state index is 12.9. The standard InChI is InChI=1S/C69H126NO8P/c1-6-8-10-12-14-16-18-20-22-24-26-28-29-30-31-32-33-34-35-36-37-38-39-40-41-42-44-46-48-50-52-54-56-58-60-62-69(72)78-67(66-77-79(73,74)76-64-63-70(3,4)5)65-75-68(71)61-59-57-55-53-51-49-47-45-43-27-25-23-21-19-17-15-13-11-9-7-2/h8,10,14,16,20,22,26,28,30-31,33-34,67H,6-7,9,11-13,15,17-19,21,23-25,27,29,32,35-66H2,1-5H3/p+1/b10-8-,16-14-,22-20-,28-26-,31-30-,34-33-. The van der Waals surface area contributed by atoms with E-state index in [4.69, 9.17) is 18.5 Å². The third-order valence-corrected chi connectivity index (χ3v) is 15.5. The average molecular weight is 1130 g/mol. The summed E-state index contributed by atoms with van der Waals surface area (Å²) in [7, 11) is 1.49. The smallest absolute Gasteiger partial charge is 0.462 e. The summed E-state index contributed by atoms with van der Waals surface area (Å²) < 4.78 is 34.7. The van der Waals surface area contributed by atoms with Crippen molar-refractivity contribution in [1.82, 2.24) is 0 Å². The number of rotatable bonds is 61. The molecule has 0 aromatic rings. The SMILES string of the molecule is CC/C=C\C/C=C\C/C=C\C/C=C\C/C=C\C/C=C\CCCCCCCCCCCCCCCCCCC(=O)OC(COC(=O)CCCCCCCCCCCCCCCCCCCCCC)COP(=O)(O)OCC[N+](C)(C)C. The van der Waals surface area contributed by atoms with Gasteiger partial charge >= 0.3 is 19.8 Å². The lowest BCUT2D eigenvalue weighted by Gasteiger charge is -2.24. The van der Waals surface area contributed by atoms with E-state index in [2.05, 4.69) is 86.8 Å². The average Bonchev–Trinajstić information content (AvgIpc) is 3.41. The van der Waals surface area contributed by atoms with Crippen molar-refractivity contribution in [2.45, 2.75) is 309 Å². The third-order valence-electron chi connectivity index (χ3n) is 14.5. The van der Waals surface area contributed by atoms with E-state index in [0.29, 0.717) is 23.9 Å². The lowest BCUT2D eigenvalue weighted by Crippen LogP contribution is -2.37. The van der Waals surface area contributed by atoms with Crippen LogP contribution < -0.4 is 0 Å². The molecule has 0 aliphatic heterocycles. The van der Waals surface area contributed by atoms with Crippen LogP contribution in [0.3, 0.4) is 0 Å². The van der Waals surface area contributed by atoms with Crippen LogP contribution in [0, 0.1) is 0 Å². The molecule has 9 nitrogen and oxygen atoms in total. The van der Waals surface area contributed by atoms with Gasteiger partial charge in [-0.15, -0.1) is 0 Å². The van der Waals surface area contributed by atoms with Gasteiger partial charge in [-0.1, -0.05) is 299 Å². The molecule has 0 aliphatic carbocycles. The molecule has 2 unspecified atom stereocenters. The Morgan fingerprint density at radius 1 is 0.405 bits per heavy atom. The van der Waals surface area contributed by atoms with Crippen LogP contribution in [0.1, 0.15) is 303 Å². The van der Waals surface area contributed by atoms with Crippen molar-refractivity contribution < 1.29 is 42.1 Å². The van der Waals surface area contributed by atoms with Crippen molar-refractivity contribution in [3.63, 3.8) is 0 Å². The van der Waals surface area contributed by atoms with Gasteiger partial charge in [0.05, 0.1) is 27.7 Å². The molecule has 0 amide bonds. The van der Waals surface area contributed by atoms with Crippen molar-refractivity contribution in [3.05, 3.63) is 72.9 Å². The number of hydrogen-bond acceptors (Lipinski definition) is 7. The molecule has 0 saturated heterocycles. The van der Waals surface area contributed by atoms with E-state index in [-0.39, 0.29) is 25.6 Å². The monoisotopic (exact) mass is 1130 g/mol. The maximum Gasteiger partial charge on any atom is 0.472 e. The molecule has 0 aliphatic rings. The molecule has 10 heteroatoms. The number of esters is 2. The first kappa shape index (κ1) is 76.5. The summed E-state index contributed by atoms with van der Waals surface area (Å²) in [6.07, 6.45) is 79.9. The van der Waals surface area contributed by atoms with Crippen molar-refractivity contribution in [1.29, 1.82) is 0 Å². The normalized spacial score (nSPS) is 13.6. The number of unbranched alkanes of at least 4 members (excludes halogenated alkanes) is 35. The molecule has 0 bridgehead atoms. The van der Waals surface area contributed by atoms with E-state index in [1.807, 2.05) is 21.1 Å². The van der Waals surface area contributed by atoms with Crippen molar-refractivity contribution in [2.75, 3.05) is 47.5 Å². The molecule has 0 fully saturated rings. The number of likely N-dealkylation sites (N-methyl/N-ethyl adjacent to an activating group) is 1. The molecule has 460 valence electrons. The second-order valence-electron chi connectivity index (χ2n) is 23.5. The molecule has 0 rings (SSSR count). The Morgan fingerprint density at radius 2 is 0.722 bits per heavy atom. The Hall–Kier alpha value is -2.55. The van der Waals surface area contributed by atoms with Crippen LogP contribution in [-0.4, -0.2) is 74.9 Å². The zero-order chi connectivity index (χ0) is 57.7. The van der Waals surface area contributed by atoms with E-state index in [9.17, 15) is 19.0 Å². The Bertz CT molecular complexity index is 1560. The summed E-state index contributed by atoms with van der Waals surface area (Å²) in [6.45, 7) is 4.37. The highest BCUT2D eigenvalue weighted by Gasteiger charge is 2.27. The first-order valence-electron chi connectivity index (χ1n) is 33.2. The number of nitrogens with zero attached hydrogens (tertiary/aromatic N) is 1. The fraction of sp³-hybridized carbons (Fsp3) is 0.797. The van der Waals surface area contributed by atoms with E-state index in [1.165, 1.54) is 199 Å². The van der Waals surface area contributed by atoms with Gasteiger partial charge < -0.3 is 18.9 Å². The summed E-state index contributed by atoms with van der Waals surface area (Å²) in [5.74, 6) is -0.783. The van der Waals surface area contributed by atoms with Gasteiger partial charge in [-0.05, 0) is 64.2 Å². The fourth-order valence-corrected chi connectivity index (χ4v) is 10.2. The van der Waals surface area contributed by atoms with Crippen LogP contribution in [0.15, 0.2) is 72.9 Å². The Balaban J connectivity index is 4.03. The van der Waals surface area contributed by atoms with Crippen LogP contribution in [0.4, 0.5) is 0 Å². The number of quaternary nitrogens is 1. The first-order valence-corrected chi connectivity index (χ1v) is 34.7. The number of carbonyl (C=O) groups is 2. The van der Waals surface area contributed by atoms with Gasteiger partial charge in [-0.2, -0.15) is 0 Å². The first-order chi connectivity index (χ1) is 38.5. The molecule has 1 N–H and O–H groups in total. The Labute approximate surface area is 489 Å². The summed E-state index contributed by atoms with van der Waals surface area (Å²) in [5, 5.41) is 0. The molecular formula is C69H127NO8P+. The second kappa shape index (κ2) is 60.1.